The lowest BCUT2D eigenvalue weighted by Crippen LogP contribution is -2.01. The molecule has 0 amide bonds. The van der Waals surface area contributed by atoms with E-state index in [0.29, 0.717) is 17.9 Å². The average Bonchev–Trinajstić information content (AvgIpc) is 2.23. The summed E-state index contributed by atoms with van der Waals surface area (Å²) in [4.78, 5) is 11.0. The molecule has 0 bridgehead atoms. The van der Waals surface area contributed by atoms with Crippen molar-refractivity contribution in [1.82, 2.24) is 0 Å². The molecule has 0 aliphatic heterocycles. The van der Waals surface area contributed by atoms with Gasteiger partial charge in [0.15, 0.2) is 0 Å². The number of aromatic hydroxyl groups is 1. The molecule has 0 saturated carbocycles. The van der Waals surface area contributed by atoms with Crippen LogP contribution in [0.2, 0.25) is 0 Å². The summed E-state index contributed by atoms with van der Waals surface area (Å²) in [6.07, 6.45) is 3.46. The van der Waals surface area contributed by atoms with Crippen molar-refractivity contribution in [1.29, 1.82) is 0 Å². The Morgan fingerprint density at radius 2 is 2.31 bits per heavy atom. The molecule has 0 unspecified atom stereocenters. The van der Waals surface area contributed by atoms with E-state index in [0.717, 1.165) is 0 Å². The first kappa shape index (κ1) is 12.1. The van der Waals surface area contributed by atoms with Crippen molar-refractivity contribution in [2.75, 3.05) is 12.3 Å². The molecule has 0 radical (unpaired) electrons. The first-order valence-corrected chi connectivity index (χ1v) is 5.04. The van der Waals surface area contributed by atoms with Gasteiger partial charge in [0.05, 0.1) is 13.0 Å². The first-order chi connectivity index (χ1) is 7.63. The van der Waals surface area contributed by atoms with Gasteiger partial charge in [0.25, 0.3) is 0 Å². The average molecular weight is 221 g/mol. The zero-order valence-corrected chi connectivity index (χ0v) is 9.14. The minimum Gasteiger partial charge on any atom is -0.507 e. The third kappa shape index (κ3) is 3.65. The van der Waals surface area contributed by atoms with Gasteiger partial charge in [-0.1, -0.05) is 12.2 Å². The third-order valence-corrected chi connectivity index (χ3v) is 1.94. The van der Waals surface area contributed by atoms with Gasteiger partial charge in [0, 0.05) is 11.3 Å². The van der Waals surface area contributed by atoms with Crippen molar-refractivity contribution < 1.29 is 14.6 Å². The minimum absolute atomic E-state index is 0.134. The van der Waals surface area contributed by atoms with Crippen molar-refractivity contribution in [3.05, 3.63) is 29.8 Å². The SMILES string of the molecule is CCOC(=O)CC=Cc1cc(N)ccc1O. The topological polar surface area (TPSA) is 72.5 Å². The Hall–Kier alpha value is -1.97. The fourth-order valence-electron chi connectivity index (χ4n) is 1.21. The van der Waals surface area contributed by atoms with E-state index in [1.54, 1.807) is 31.2 Å². The van der Waals surface area contributed by atoms with Crippen LogP contribution in [0.5, 0.6) is 5.75 Å². The van der Waals surface area contributed by atoms with Crippen molar-refractivity contribution >= 4 is 17.7 Å². The molecule has 1 rings (SSSR count). The Labute approximate surface area is 94.3 Å². The molecule has 0 heterocycles. The number of nitrogen functional groups attached to an aromatic ring is 1. The van der Waals surface area contributed by atoms with Crippen LogP contribution in [0.3, 0.4) is 0 Å². The highest BCUT2D eigenvalue weighted by Crippen LogP contribution is 2.21. The number of hydrogen-bond acceptors (Lipinski definition) is 4. The summed E-state index contributed by atoms with van der Waals surface area (Å²) in [5, 5.41) is 9.48. The van der Waals surface area contributed by atoms with E-state index in [-0.39, 0.29) is 18.1 Å². The molecule has 0 fully saturated rings. The summed E-state index contributed by atoms with van der Waals surface area (Å²) < 4.78 is 4.76. The monoisotopic (exact) mass is 221 g/mol. The highest BCUT2D eigenvalue weighted by Gasteiger charge is 1.99. The second-order valence-electron chi connectivity index (χ2n) is 3.23. The van der Waals surface area contributed by atoms with E-state index >= 15 is 0 Å². The Balaban J connectivity index is 2.62. The molecule has 0 atom stereocenters. The number of carbonyl (C=O) groups is 1. The van der Waals surface area contributed by atoms with E-state index < -0.39 is 0 Å². The number of anilines is 1. The van der Waals surface area contributed by atoms with Gasteiger partial charge in [-0.05, 0) is 25.1 Å². The summed E-state index contributed by atoms with van der Waals surface area (Å²) in [6, 6.07) is 4.76. The first-order valence-electron chi connectivity index (χ1n) is 5.04. The van der Waals surface area contributed by atoms with Gasteiger partial charge in [-0.3, -0.25) is 4.79 Å². The van der Waals surface area contributed by atoms with Gasteiger partial charge in [-0.15, -0.1) is 0 Å². The standard InChI is InChI=1S/C12H15NO3/c1-2-16-12(15)5-3-4-9-8-10(13)6-7-11(9)14/h3-4,6-8,14H,2,5,13H2,1H3. The van der Waals surface area contributed by atoms with Crippen LogP contribution < -0.4 is 5.73 Å². The Morgan fingerprint density at radius 3 is 3.00 bits per heavy atom. The molecule has 1 aromatic carbocycles. The van der Waals surface area contributed by atoms with Crippen molar-refractivity contribution in [2.24, 2.45) is 0 Å². The predicted octanol–water partition coefficient (Wildman–Crippen LogP) is 1.94. The van der Waals surface area contributed by atoms with E-state index in [4.69, 9.17) is 10.5 Å². The maximum atomic E-state index is 11.0. The third-order valence-electron chi connectivity index (χ3n) is 1.94. The van der Waals surface area contributed by atoms with E-state index in [1.807, 2.05) is 0 Å². The number of nitrogens with two attached hydrogens (primary N) is 1. The molecule has 0 aliphatic carbocycles. The number of hydrogen-bond donors (Lipinski definition) is 2. The van der Waals surface area contributed by atoms with Gasteiger partial charge < -0.3 is 15.6 Å². The second kappa shape index (κ2) is 5.80. The Kier molecular flexibility index (Phi) is 4.39. The molecular formula is C12H15NO3. The van der Waals surface area contributed by atoms with E-state index in [1.165, 1.54) is 6.07 Å². The number of ether oxygens (including phenoxy) is 1. The Morgan fingerprint density at radius 1 is 1.56 bits per heavy atom. The van der Waals surface area contributed by atoms with Crippen LogP contribution in [0.15, 0.2) is 24.3 Å². The van der Waals surface area contributed by atoms with E-state index in [2.05, 4.69) is 0 Å². The zero-order chi connectivity index (χ0) is 12.0. The second-order valence-corrected chi connectivity index (χ2v) is 3.23. The maximum absolute atomic E-state index is 11.0. The van der Waals surface area contributed by atoms with Crippen LogP contribution in [0.4, 0.5) is 5.69 Å². The quantitative estimate of drug-likeness (QED) is 0.463. The molecule has 0 aromatic heterocycles. The number of esters is 1. The predicted molar refractivity (Wildman–Crippen MR) is 62.8 cm³/mol. The van der Waals surface area contributed by atoms with Crippen molar-refractivity contribution in [2.45, 2.75) is 13.3 Å². The number of phenols is 1. The molecule has 86 valence electrons. The lowest BCUT2D eigenvalue weighted by Gasteiger charge is -2.00. The summed E-state index contributed by atoms with van der Waals surface area (Å²) in [6.45, 7) is 2.13. The van der Waals surface area contributed by atoms with Gasteiger partial charge in [0.2, 0.25) is 0 Å². The molecule has 0 aliphatic rings. The normalized spacial score (nSPS) is 10.6. The summed E-state index contributed by atoms with van der Waals surface area (Å²) in [5.74, 6) is -0.156. The van der Waals surface area contributed by atoms with E-state index in [9.17, 15) is 9.90 Å². The highest BCUT2D eigenvalue weighted by molar-refractivity contribution is 5.73. The molecule has 0 spiro atoms. The molecule has 4 heteroatoms. The van der Waals surface area contributed by atoms with Crippen LogP contribution in [0, 0.1) is 0 Å². The summed E-state index contributed by atoms with van der Waals surface area (Å²) >= 11 is 0. The van der Waals surface area contributed by atoms with Crippen molar-refractivity contribution in [3.8, 4) is 5.75 Å². The molecule has 4 nitrogen and oxygen atoms in total. The van der Waals surface area contributed by atoms with Crippen LogP contribution in [0.1, 0.15) is 18.9 Å². The fourth-order valence-corrected chi connectivity index (χ4v) is 1.21. The van der Waals surface area contributed by atoms with Crippen LogP contribution in [0.25, 0.3) is 6.08 Å². The number of carbonyl (C=O) groups excluding carboxylic acids is 1. The summed E-state index contributed by atoms with van der Waals surface area (Å²) in [7, 11) is 0. The highest BCUT2D eigenvalue weighted by atomic mass is 16.5. The minimum atomic E-state index is -0.290. The fraction of sp³-hybridized carbons (Fsp3) is 0.250. The number of rotatable bonds is 4. The smallest absolute Gasteiger partial charge is 0.309 e. The lowest BCUT2D eigenvalue weighted by molar-refractivity contribution is -0.142. The molecular weight excluding hydrogens is 206 g/mol. The number of phenolic OH excluding ortho intramolecular Hbond substituents is 1. The van der Waals surface area contributed by atoms with Gasteiger partial charge in [-0.25, -0.2) is 0 Å². The van der Waals surface area contributed by atoms with Crippen LogP contribution in [-0.4, -0.2) is 17.7 Å². The molecule has 16 heavy (non-hydrogen) atoms. The van der Waals surface area contributed by atoms with Crippen LogP contribution in [-0.2, 0) is 9.53 Å². The maximum Gasteiger partial charge on any atom is 0.309 e. The van der Waals surface area contributed by atoms with Crippen molar-refractivity contribution in [3.63, 3.8) is 0 Å². The van der Waals surface area contributed by atoms with Gasteiger partial charge in [-0.2, -0.15) is 0 Å². The van der Waals surface area contributed by atoms with Gasteiger partial charge in [0.1, 0.15) is 5.75 Å². The summed E-state index contributed by atoms with van der Waals surface area (Å²) in [5.41, 5.74) is 6.72. The largest absolute Gasteiger partial charge is 0.507 e. The zero-order valence-electron chi connectivity index (χ0n) is 9.14. The molecule has 1 aromatic rings. The number of benzene rings is 1. The lowest BCUT2D eigenvalue weighted by atomic mass is 10.1. The molecule has 0 saturated heterocycles. The molecule has 3 N–H and O–H groups in total. The van der Waals surface area contributed by atoms with Crippen LogP contribution >= 0.6 is 0 Å². The van der Waals surface area contributed by atoms with Gasteiger partial charge >= 0.3 is 5.97 Å². The Bertz CT molecular complexity index is 399.